The molecule has 114 valence electrons. The maximum absolute atomic E-state index is 9.06. The first kappa shape index (κ1) is 16.0. The van der Waals surface area contributed by atoms with Crippen molar-refractivity contribution in [2.24, 2.45) is 0 Å². The van der Waals surface area contributed by atoms with Gasteiger partial charge in [0.1, 0.15) is 0 Å². The fourth-order valence-corrected chi connectivity index (χ4v) is 2.29. The van der Waals surface area contributed by atoms with Crippen LogP contribution in [0.25, 0.3) is 11.3 Å². The van der Waals surface area contributed by atoms with Gasteiger partial charge in [0.25, 0.3) is 0 Å². The first-order valence-electron chi connectivity index (χ1n) is 6.88. The van der Waals surface area contributed by atoms with Gasteiger partial charge < -0.3 is 14.6 Å². The molecule has 2 aromatic rings. The summed E-state index contributed by atoms with van der Waals surface area (Å²) in [4.78, 5) is 6.24. The lowest BCUT2D eigenvalue weighted by Gasteiger charge is -2.18. The molecule has 1 heterocycles. The predicted molar refractivity (Wildman–Crippen MR) is 81.0 cm³/mol. The molecule has 1 aromatic carbocycles. The lowest BCUT2D eigenvalue weighted by Crippen LogP contribution is -2.28. The van der Waals surface area contributed by atoms with Crippen LogP contribution in [-0.4, -0.2) is 46.4 Å². The van der Waals surface area contributed by atoms with Crippen LogP contribution in [0.2, 0.25) is 5.02 Å². The van der Waals surface area contributed by atoms with Crippen molar-refractivity contribution in [1.82, 2.24) is 9.88 Å². The van der Waals surface area contributed by atoms with Crippen LogP contribution in [0.15, 0.2) is 34.9 Å². The monoisotopic (exact) mass is 310 g/mol. The first-order chi connectivity index (χ1) is 10.2. The lowest BCUT2D eigenvalue weighted by atomic mass is 10.2. The highest BCUT2D eigenvalue weighted by Gasteiger charge is 2.12. The van der Waals surface area contributed by atoms with Crippen LogP contribution in [0.1, 0.15) is 12.3 Å². The Kier molecular flexibility index (Phi) is 6.20. The van der Waals surface area contributed by atoms with Gasteiger partial charge in [-0.05, 0) is 18.6 Å². The number of aliphatic hydroxyl groups excluding tert-OH is 2. The minimum absolute atomic E-state index is 0.0590. The third kappa shape index (κ3) is 4.54. The summed E-state index contributed by atoms with van der Waals surface area (Å²) < 4.78 is 5.73. The largest absolute Gasteiger partial charge is 0.439 e. The summed E-state index contributed by atoms with van der Waals surface area (Å²) in [6.45, 7) is 1.87. The molecule has 0 aliphatic rings. The molecule has 0 aliphatic carbocycles. The Balaban J connectivity index is 2.06. The molecule has 5 nitrogen and oxygen atoms in total. The molecule has 2 rings (SSSR count). The maximum atomic E-state index is 9.06. The minimum atomic E-state index is 0.0590. The summed E-state index contributed by atoms with van der Waals surface area (Å²) in [5, 5.41) is 18.6. The Morgan fingerprint density at radius 2 is 1.95 bits per heavy atom. The van der Waals surface area contributed by atoms with Crippen LogP contribution in [0, 0.1) is 0 Å². The third-order valence-corrected chi connectivity index (χ3v) is 3.43. The van der Waals surface area contributed by atoms with Gasteiger partial charge >= 0.3 is 0 Å². The highest BCUT2D eigenvalue weighted by atomic mass is 35.5. The van der Waals surface area contributed by atoms with Gasteiger partial charge in [-0.3, -0.25) is 4.90 Å². The maximum Gasteiger partial charge on any atom is 0.209 e. The summed E-state index contributed by atoms with van der Waals surface area (Å²) in [6.07, 6.45) is 2.30. The molecule has 0 spiro atoms. The fourth-order valence-electron chi connectivity index (χ4n) is 2.07. The van der Waals surface area contributed by atoms with Gasteiger partial charge in [-0.2, -0.15) is 0 Å². The van der Waals surface area contributed by atoms with Crippen molar-refractivity contribution in [3.63, 3.8) is 0 Å². The van der Waals surface area contributed by atoms with Crippen LogP contribution < -0.4 is 0 Å². The topological polar surface area (TPSA) is 69.7 Å². The van der Waals surface area contributed by atoms with Crippen molar-refractivity contribution in [3.8, 4) is 11.3 Å². The number of hydrogen-bond acceptors (Lipinski definition) is 5. The van der Waals surface area contributed by atoms with E-state index < -0.39 is 0 Å². The van der Waals surface area contributed by atoms with E-state index in [1.165, 1.54) is 0 Å². The summed E-state index contributed by atoms with van der Waals surface area (Å²) in [5.41, 5.74) is 0.807. The van der Waals surface area contributed by atoms with Crippen LogP contribution in [-0.2, 0) is 6.54 Å². The average molecular weight is 311 g/mol. The Bertz CT molecular complexity index is 559. The van der Waals surface area contributed by atoms with Crippen LogP contribution in [0.3, 0.4) is 0 Å². The molecule has 1 aromatic heterocycles. The van der Waals surface area contributed by atoms with Crippen LogP contribution in [0.5, 0.6) is 0 Å². The molecule has 0 aliphatic heterocycles. The standard InChI is InChI=1S/C15H19ClN2O3/c16-13-5-2-1-4-12(13)14-10-17-15(21-14)11-18(7-9-20)6-3-8-19/h1-2,4-5,10,19-20H,3,6-9,11H2. The highest BCUT2D eigenvalue weighted by Crippen LogP contribution is 2.28. The van der Waals surface area contributed by atoms with E-state index in [0.717, 1.165) is 5.56 Å². The molecule has 6 heteroatoms. The molecule has 0 bridgehead atoms. The summed E-state index contributed by atoms with van der Waals surface area (Å²) in [5.74, 6) is 1.19. The Morgan fingerprint density at radius 1 is 1.14 bits per heavy atom. The van der Waals surface area contributed by atoms with E-state index in [-0.39, 0.29) is 13.2 Å². The Labute approximate surface area is 128 Å². The average Bonchev–Trinajstić information content (AvgIpc) is 2.94. The minimum Gasteiger partial charge on any atom is -0.439 e. The number of oxazole rings is 1. The number of rotatable bonds is 8. The number of aliphatic hydroxyl groups is 2. The van der Waals surface area contributed by atoms with Gasteiger partial charge in [-0.15, -0.1) is 0 Å². The van der Waals surface area contributed by atoms with Crippen LogP contribution in [0.4, 0.5) is 0 Å². The van der Waals surface area contributed by atoms with Crippen molar-refractivity contribution >= 4 is 11.6 Å². The van der Waals surface area contributed by atoms with Crippen molar-refractivity contribution < 1.29 is 14.6 Å². The molecule has 0 amide bonds. The van der Waals surface area contributed by atoms with Crippen molar-refractivity contribution in [3.05, 3.63) is 41.4 Å². The van der Waals surface area contributed by atoms with E-state index in [4.69, 9.17) is 26.2 Å². The molecule has 0 saturated heterocycles. The highest BCUT2D eigenvalue weighted by molar-refractivity contribution is 6.33. The number of nitrogens with zero attached hydrogens (tertiary/aromatic N) is 2. The fraction of sp³-hybridized carbons (Fsp3) is 0.400. The molecular formula is C15H19ClN2O3. The van der Waals surface area contributed by atoms with Crippen LogP contribution >= 0.6 is 11.6 Å². The second kappa shape index (κ2) is 8.14. The zero-order valence-corrected chi connectivity index (χ0v) is 12.5. The number of aromatic nitrogens is 1. The summed E-state index contributed by atoms with van der Waals surface area (Å²) in [6, 6.07) is 7.44. The van der Waals surface area contributed by atoms with E-state index in [1.807, 2.05) is 23.1 Å². The molecule has 0 unspecified atom stereocenters. The van der Waals surface area contributed by atoms with Crippen molar-refractivity contribution in [1.29, 1.82) is 0 Å². The zero-order chi connectivity index (χ0) is 15.1. The first-order valence-corrected chi connectivity index (χ1v) is 7.26. The second-order valence-electron chi connectivity index (χ2n) is 4.68. The molecule has 2 N–H and O–H groups in total. The van der Waals surface area contributed by atoms with Gasteiger partial charge in [-0.1, -0.05) is 23.7 Å². The van der Waals surface area contributed by atoms with E-state index >= 15 is 0 Å². The van der Waals surface area contributed by atoms with Gasteiger partial charge in [0.15, 0.2) is 5.76 Å². The lowest BCUT2D eigenvalue weighted by molar-refractivity contribution is 0.164. The van der Waals surface area contributed by atoms with Gasteiger partial charge in [0.05, 0.1) is 24.4 Å². The number of halogens is 1. The quantitative estimate of drug-likeness (QED) is 0.782. The molecule has 21 heavy (non-hydrogen) atoms. The third-order valence-electron chi connectivity index (χ3n) is 3.10. The normalized spacial score (nSPS) is 11.2. The zero-order valence-electron chi connectivity index (χ0n) is 11.7. The summed E-state index contributed by atoms with van der Waals surface area (Å²) >= 11 is 6.13. The summed E-state index contributed by atoms with van der Waals surface area (Å²) in [7, 11) is 0. The Morgan fingerprint density at radius 3 is 2.67 bits per heavy atom. The number of benzene rings is 1. The van der Waals surface area contributed by atoms with Gasteiger partial charge in [0.2, 0.25) is 5.89 Å². The number of hydrogen-bond donors (Lipinski definition) is 2. The predicted octanol–water partition coefficient (Wildman–Crippen LogP) is 2.17. The molecule has 0 fully saturated rings. The van der Waals surface area contributed by atoms with E-state index in [1.54, 1.807) is 12.3 Å². The second-order valence-corrected chi connectivity index (χ2v) is 5.08. The van der Waals surface area contributed by atoms with Crippen molar-refractivity contribution in [2.75, 3.05) is 26.3 Å². The SMILES string of the molecule is OCCCN(CCO)Cc1ncc(-c2ccccc2Cl)o1. The molecule has 0 saturated carbocycles. The van der Waals surface area contributed by atoms with Gasteiger partial charge in [-0.25, -0.2) is 4.98 Å². The van der Waals surface area contributed by atoms with Gasteiger partial charge in [0, 0.05) is 25.3 Å². The van der Waals surface area contributed by atoms with E-state index in [9.17, 15) is 0 Å². The Hall–Kier alpha value is -1.40. The molecule has 0 atom stereocenters. The van der Waals surface area contributed by atoms with E-state index in [0.29, 0.717) is 42.7 Å². The molecule has 0 radical (unpaired) electrons. The van der Waals surface area contributed by atoms with Crippen molar-refractivity contribution in [2.45, 2.75) is 13.0 Å². The smallest absolute Gasteiger partial charge is 0.209 e. The van der Waals surface area contributed by atoms with E-state index in [2.05, 4.69) is 4.98 Å². The molecular weight excluding hydrogens is 292 g/mol.